The van der Waals surface area contributed by atoms with Crippen LogP contribution in [0.25, 0.3) is 11.8 Å². The number of hydrogen-bond donors (Lipinski definition) is 2. The Morgan fingerprint density at radius 3 is 2.43 bits per heavy atom. The molecule has 0 atom stereocenters. The molecule has 0 bridgehead atoms. The van der Waals surface area contributed by atoms with Gasteiger partial charge in [0.15, 0.2) is 5.11 Å². The molecule has 0 spiro atoms. The summed E-state index contributed by atoms with van der Waals surface area (Å²) in [5.74, 6) is -2.23. The minimum absolute atomic E-state index is 0.0176. The second-order valence-electron chi connectivity index (χ2n) is 8.38. The van der Waals surface area contributed by atoms with Gasteiger partial charge in [0.05, 0.1) is 16.3 Å². The minimum Gasteiger partial charge on any atom is -0.478 e. The lowest BCUT2D eigenvalue weighted by molar-refractivity contribution is -0.122. The number of aromatic carboxylic acids is 1. The molecule has 2 N–H and O–H groups in total. The van der Waals surface area contributed by atoms with Crippen LogP contribution in [0.4, 0.5) is 5.69 Å². The number of anilines is 1. The predicted molar refractivity (Wildman–Crippen MR) is 139 cm³/mol. The third-order valence-corrected chi connectivity index (χ3v) is 6.52. The van der Waals surface area contributed by atoms with Gasteiger partial charge < -0.3 is 9.67 Å². The number of carbonyl (C=O) groups is 3. The molecule has 35 heavy (non-hydrogen) atoms. The normalized spacial score (nSPS) is 15.1. The van der Waals surface area contributed by atoms with Gasteiger partial charge in [-0.25, -0.2) is 4.79 Å². The van der Waals surface area contributed by atoms with Crippen LogP contribution >= 0.6 is 23.8 Å². The van der Waals surface area contributed by atoms with E-state index in [1.54, 1.807) is 12.1 Å². The summed E-state index contributed by atoms with van der Waals surface area (Å²) in [5.41, 5.74) is 5.18. The molecule has 1 aliphatic heterocycles. The number of hydrogen-bond acceptors (Lipinski definition) is 4. The van der Waals surface area contributed by atoms with Gasteiger partial charge in [-0.3, -0.25) is 19.8 Å². The molecular formula is C26H22ClN3O4S. The maximum Gasteiger partial charge on any atom is 0.337 e. The number of nitrogens with one attached hydrogen (secondary N) is 1. The molecule has 1 fully saturated rings. The summed E-state index contributed by atoms with van der Waals surface area (Å²) in [6.45, 7) is 7.51. The molecule has 2 amide bonds. The highest BCUT2D eigenvalue weighted by Crippen LogP contribution is 2.29. The predicted octanol–water partition coefficient (Wildman–Crippen LogP) is 4.89. The molecule has 0 aliphatic carbocycles. The summed E-state index contributed by atoms with van der Waals surface area (Å²) < 4.78 is 1.84. The first-order valence-electron chi connectivity index (χ1n) is 10.7. The van der Waals surface area contributed by atoms with E-state index >= 15 is 0 Å². The smallest absolute Gasteiger partial charge is 0.337 e. The number of aryl methyl sites for hydroxylation is 3. The average Bonchev–Trinajstić information content (AvgIpc) is 3.05. The number of amides is 2. The van der Waals surface area contributed by atoms with Gasteiger partial charge in [0.2, 0.25) is 0 Å². The highest BCUT2D eigenvalue weighted by molar-refractivity contribution is 7.80. The highest BCUT2D eigenvalue weighted by Gasteiger charge is 2.35. The monoisotopic (exact) mass is 507 g/mol. The van der Waals surface area contributed by atoms with E-state index < -0.39 is 17.8 Å². The standard InChI is InChI=1S/C26H22ClN3O4S/c1-13-5-8-22(14(2)9-13)30-24(32)20(23(31)28-26(30)35)11-17-10-15(3)29(16(17)4)18-6-7-21(27)19(12-18)25(33)34/h5-12H,1-4H3,(H,33,34)(H,28,31,35)/b20-11+. The van der Waals surface area contributed by atoms with Gasteiger partial charge >= 0.3 is 5.97 Å². The molecule has 9 heteroatoms. The van der Waals surface area contributed by atoms with Gasteiger partial charge in [0, 0.05) is 17.1 Å². The molecule has 2 heterocycles. The second-order valence-corrected chi connectivity index (χ2v) is 9.17. The zero-order chi connectivity index (χ0) is 25.6. The first-order chi connectivity index (χ1) is 16.5. The van der Waals surface area contributed by atoms with Gasteiger partial charge in [-0.2, -0.15) is 0 Å². The van der Waals surface area contributed by atoms with Gasteiger partial charge in [0.25, 0.3) is 11.8 Å². The number of carbonyl (C=O) groups excluding carboxylic acids is 2. The van der Waals surface area contributed by atoms with Crippen LogP contribution in [0.3, 0.4) is 0 Å². The van der Waals surface area contributed by atoms with Crippen molar-refractivity contribution in [3.8, 4) is 5.69 Å². The van der Waals surface area contributed by atoms with Crippen molar-refractivity contribution >= 4 is 58.5 Å². The number of rotatable bonds is 4. The van der Waals surface area contributed by atoms with E-state index in [1.165, 1.54) is 23.1 Å². The van der Waals surface area contributed by atoms with Crippen LogP contribution in [0.2, 0.25) is 5.02 Å². The van der Waals surface area contributed by atoms with E-state index in [1.807, 2.05) is 50.5 Å². The first-order valence-corrected chi connectivity index (χ1v) is 11.5. The Labute approximate surface area is 212 Å². The van der Waals surface area contributed by atoms with Crippen molar-refractivity contribution in [2.45, 2.75) is 27.7 Å². The zero-order valence-electron chi connectivity index (χ0n) is 19.5. The fourth-order valence-electron chi connectivity index (χ4n) is 4.24. The van der Waals surface area contributed by atoms with E-state index in [2.05, 4.69) is 5.32 Å². The summed E-state index contributed by atoms with van der Waals surface area (Å²) in [6.07, 6.45) is 1.53. The molecule has 2 aromatic carbocycles. The van der Waals surface area contributed by atoms with Crippen LogP contribution in [-0.2, 0) is 9.59 Å². The van der Waals surface area contributed by atoms with Crippen molar-refractivity contribution in [2.75, 3.05) is 4.90 Å². The van der Waals surface area contributed by atoms with Crippen LogP contribution in [0, 0.1) is 27.7 Å². The van der Waals surface area contributed by atoms with E-state index in [-0.39, 0.29) is 21.3 Å². The summed E-state index contributed by atoms with van der Waals surface area (Å²) in [4.78, 5) is 39.1. The second kappa shape index (κ2) is 9.13. The Morgan fingerprint density at radius 1 is 1.06 bits per heavy atom. The van der Waals surface area contributed by atoms with Gasteiger partial charge in [-0.1, -0.05) is 29.3 Å². The molecule has 1 saturated heterocycles. The van der Waals surface area contributed by atoms with Gasteiger partial charge in [0.1, 0.15) is 5.57 Å². The van der Waals surface area contributed by atoms with Crippen molar-refractivity contribution in [3.05, 3.63) is 86.7 Å². The minimum atomic E-state index is -1.13. The lowest BCUT2D eigenvalue weighted by Crippen LogP contribution is -2.54. The van der Waals surface area contributed by atoms with Crippen LogP contribution in [0.1, 0.15) is 38.4 Å². The fourth-order valence-corrected chi connectivity index (χ4v) is 4.71. The summed E-state index contributed by atoms with van der Waals surface area (Å²) in [5, 5.41) is 12.2. The van der Waals surface area contributed by atoms with Crippen molar-refractivity contribution in [3.63, 3.8) is 0 Å². The number of benzene rings is 2. The lowest BCUT2D eigenvalue weighted by Gasteiger charge is -2.30. The molecule has 1 aliphatic rings. The summed E-state index contributed by atoms with van der Waals surface area (Å²) in [6, 6.07) is 12.2. The Balaban J connectivity index is 1.79. The molecular weight excluding hydrogens is 486 g/mol. The molecule has 7 nitrogen and oxygen atoms in total. The Morgan fingerprint density at radius 2 is 1.77 bits per heavy atom. The van der Waals surface area contributed by atoms with Crippen molar-refractivity contribution in [1.82, 2.24) is 9.88 Å². The highest BCUT2D eigenvalue weighted by atomic mass is 35.5. The van der Waals surface area contributed by atoms with Crippen molar-refractivity contribution in [1.29, 1.82) is 0 Å². The maximum atomic E-state index is 13.4. The van der Waals surface area contributed by atoms with E-state index in [9.17, 15) is 19.5 Å². The number of nitrogens with zero attached hydrogens (tertiary/aromatic N) is 2. The molecule has 178 valence electrons. The molecule has 0 saturated carbocycles. The number of thiocarbonyl (C=S) groups is 1. The van der Waals surface area contributed by atoms with Crippen molar-refractivity contribution in [2.24, 2.45) is 0 Å². The first kappa shape index (κ1) is 24.4. The number of carboxylic acids is 1. The number of aromatic nitrogens is 1. The summed E-state index contributed by atoms with van der Waals surface area (Å²) in [7, 11) is 0. The molecule has 0 radical (unpaired) electrons. The van der Waals surface area contributed by atoms with E-state index in [0.717, 1.165) is 22.5 Å². The summed E-state index contributed by atoms with van der Waals surface area (Å²) >= 11 is 11.3. The third kappa shape index (κ3) is 4.38. The zero-order valence-corrected chi connectivity index (χ0v) is 21.0. The maximum absolute atomic E-state index is 13.4. The van der Waals surface area contributed by atoms with E-state index in [4.69, 9.17) is 23.8 Å². The third-order valence-electron chi connectivity index (χ3n) is 5.90. The van der Waals surface area contributed by atoms with Crippen LogP contribution in [0.5, 0.6) is 0 Å². The van der Waals surface area contributed by atoms with E-state index in [0.29, 0.717) is 16.9 Å². The van der Waals surface area contributed by atoms with Gasteiger partial charge in [-0.15, -0.1) is 0 Å². The molecule has 3 aromatic rings. The lowest BCUT2D eigenvalue weighted by atomic mass is 10.0. The fraction of sp³-hybridized carbons (Fsp3) is 0.154. The Bertz CT molecular complexity index is 1470. The Kier molecular flexibility index (Phi) is 6.36. The molecule has 4 rings (SSSR count). The largest absolute Gasteiger partial charge is 0.478 e. The average molecular weight is 508 g/mol. The Hall–Kier alpha value is -3.75. The SMILES string of the molecule is Cc1ccc(N2C(=O)/C(=C/c3cc(C)n(-c4ccc(Cl)c(C(=O)O)c4)c3C)C(=O)NC2=S)c(C)c1. The number of halogens is 1. The van der Waals surface area contributed by atoms with Crippen LogP contribution < -0.4 is 10.2 Å². The topological polar surface area (TPSA) is 91.6 Å². The van der Waals surface area contributed by atoms with Crippen LogP contribution in [0.15, 0.2) is 48.0 Å². The number of carboxylic acid groups (broad SMARTS) is 1. The van der Waals surface area contributed by atoms with Crippen LogP contribution in [-0.4, -0.2) is 32.6 Å². The van der Waals surface area contributed by atoms with Gasteiger partial charge in [-0.05, 0) is 87.4 Å². The molecule has 0 unspecified atom stereocenters. The van der Waals surface area contributed by atoms with Crippen molar-refractivity contribution < 1.29 is 19.5 Å². The molecule has 1 aromatic heterocycles. The quantitative estimate of drug-likeness (QED) is 0.298.